The molecule has 3 aromatic rings. The van der Waals surface area contributed by atoms with E-state index < -0.39 is 0 Å². The van der Waals surface area contributed by atoms with Crippen LogP contribution in [0.5, 0.6) is 0 Å². The lowest BCUT2D eigenvalue weighted by Crippen LogP contribution is -2.30. The highest BCUT2D eigenvalue weighted by atomic mass is 127. The van der Waals surface area contributed by atoms with Gasteiger partial charge in [0.25, 0.3) is 0 Å². The third kappa shape index (κ3) is 1.89. The average molecular weight is 357 g/mol. The van der Waals surface area contributed by atoms with Crippen molar-refractivity contribution < 1.29 is 4.57 Å². The first-order valence-electron chi connectivity index (χ1n) is 5.24. The summed E-state index contributed by atoms with van der Waals surface area (Å²) in [6, 6.07) is 16.4. The van der Waals surface area contributed by atoms with Gasteiger partial charge in [-0.25, -0.2) is 0 Å². The number of aryl methyl sites for hydroxylation is 1. The summed E-state index contributed by atoms with van der Waals surface area (Å²) in [4.78, 5) is 0. The van der Waals surface area contributed by atoms with Gasteiger partial charge in [-0.15, -0.1) is 24.0 Å². The summed E-state index contributed by atoms with van der Waals surface area (Å²) < 4.78 is 2.18. The Morgan fingerprint density at radius 2 is 1.24 bits per heavy atom. The number of fused-ring (bicyclic) bond motifs is 2. The Labute approximate surface area is 122 Å². The molecule has 0 aliphatic heterocycles. The number of nitrogens with zero attached hydrogens (tertiary/aromatic N) is 1. The molecule has 0 amide bonds. The topological polar surface area (TPSA) is 3.88 Å². The van der Waals surface area contributed by atoms with E-state index in [-0.39, 0.29) is 24.0 Å². The minimum absolute atomic E-state index is 0. The molecule has 0 aliphatic rings. The zero-order valence-electron chi connectivity index (χ0n) is 9.35. The molecular formula is C14H12ClIN+. The summed E-state index contributed by atoms with van der Waals surface area (Å²) >= 11 is 6.43. The Kier molecular flexibility index (Phi) is 3.54. The molecule has 86 valence electrons. The summed E-state index contributed by atoms with van der Waals surface area (Å²) in [5.41, 5.74) is 2.32. The standard InChI is InChI=1S/C14H11ClN.HI/c1-16-12-8-4-2-6-10(12)14(15)11-7-3-5-9-13(11)16;/h2-9H,1H3;1H/q+1;. The third-order valence-electron chi connectivity index (χ3n) is 3.00. The van der Waals surface area contributed by atoms with Crippen molar-refractivity contribution in [1.29, 1.82) is 0 Å². The Morgan fingerprint density at radius 1 is 0.824 bits per heavy atom. The molecule has 0 unspecified atom stereocenters. The van der Waals surface area contributed by atoms with Gasteiger partial charge in [0.1, 0.15) is 7.05 Å². The molecule has 0 radical (unpaired) electrons. The molecule has 1 heterocycles. The number of aromatic nitrogens is 1. The van der Waals surface area contributed by atoms with Crippen LogP contribution >= 0.6 is 35.6 Å². The number of rotatable bonds is 0. The Bertz CT molecular complexity index is 577. The fraction of sp³-hybridized carbons (Fsp3) is 0.0714. The average Bonchev–Trinajstić information content (AvgIpc) is 2.36. The largest absolute Gasteiger partial charge is 0.214 e. The predicted octanol–water partition coefficient (Wildman–Crippen LogP) is 4.09. The first-order valence-corrected chi connectivity index (χ1v) is 5.62. The molecule has 1 aromatic heterocycles. The second kappa shape index (κ2) is 4.78. The van der Waals surface area contributed by atoms with Crippen molar-refractivity contribution >= 4 is 57.4 Å². The van der Waals surface area contributed by atoms with Crippen LogP contribution in [0.2, 0.25) is 5.02 Å². The molecule has 2 aromatic carbocycles. The number of benzene rings is 2. The highest BCUT2D eigenvalue weighted by Gasteiger charge is 2.14. The van der Waals surface area contributed by atoms with Crippen LogP contribution in [0.3, 0.4) is 0 Å². The lowest BCUT2D eigenvalue weighted by molar-refractivity contribution is -0.617. The van der Waals surface area contributed by atoms with E-state index in [2.05, 4.69) is 35.9 Å². The zero-order valence-corrected chi connectivity index (χ0v) is 12.4. The van der Waals surface area contributed by atoms with Crippen molar-refractivity contribution in [2.75, 3.05) is 0 Å². The van der Waals surface area contributed by atoms with Crippen molar-refractivity contribution in [2.45, 2.75) is 0 Å². The molecule has 17 heavy (non-hydrogen) atoms. The molecule has 1 nitrogen and oxygen atoms in total. The molecule has 0 aliphatic carbocycles. The van der Waals surface area contributed by atoms with E-state index in [1.54, 1.807) is 0 Å². The van der Waals surface area contributed by atoms with E-state index in [1.165, 1.54) is 0 Å². The molecule has 0 N–H and O–H groups in total. The second-order valence-electron chi connectivity index (χ2n) is 3.91. The zero-order chi connectivity index (χ0) is 11.1. The third-order valence-corrected chi connectivity index (χ3v) is 3.41. The van der Waals surface area contributed by atoms with E-state index in [1.807, 2.05) is 24.3 Å². The van der Waals surface area contributed by atoms with Crippen molar-refractivity contribution in [3.63, 3.8) is 0 Å². The fourth-order valence-electron chi connectivity index (χ4n) is 2.18. The van der Waals surface area contributed by atoms with Gasteiger partial charge in [-0.05, 0) is 12.1 Å². The van der Waals surface area contributed by atoms with Crippen molar-refractivity contribution in [2.24, 2.45) is 7.05 Å². The van der Waals surface area contributed by atoms with Crippen molar-refractivity contribution in [3.05, 3.63) is 53.6 Å². The van der Waals surface area contributed by atoms with Crippen LogP contribution in [0, 0.1) is 0 Å². The van der Waals surface area contributed by atoms with E-state index in [0.717, 1.165) is 26.8 Å². The van der Waals surface area contributed by atoms with Gasteiger partial charge in [0, 0.05) is 12.1 Å². The Balaban J connectivity index is 0.00000108. The van der Waals surface area contributed by atoms with Crippen LogP contribution in [0.15, 0.2) is 48.5 Å². The van der Waals surface area contributed by atoms with Crippen molar-refractivity contribution in [1.82, 2.24) is 0 Å². The normalized spacial score (nSPS) is 10.5. The lowest BCUT2D eigenvalue weighted by Gasteiger charge is -2.04. The highest BCUT2D eigenvalue weighted by Crippen LogP contribution is 2.28. The Hall–Kier alpha value is -0.870. The van der Waals surface area contributed by atoms with E-state index in [0.29, 0.717) is 0 Å². The summed E-state index contributed by atoms with van der Waals surface area (Å²) in [5, 5.41) is 3.04. The minimum atomic E-state index is 0. The lowest BCUT2D eigenvalue weighted by atomic mass is 10.1. The summed E-state index contributed by atoms with van der Waals surface area (Å²) in [6.45, 7) is 0. The van der Waals surface area contributed by atoms with Gasteiger partial charge in [-0.2, -0.15) is 4.57 Å². The number of para-hydroxylation sites is 2. The molecule has 3 rings (SSSR count). The smallest absolute Gasteiger partial charge is 0.194 e. The van der Waals surface area contributed by atoms with Crippen LogP contribution in [0.25, 0.3) is 21.8 Å². The van der Waals surface area contributed by atoms with E-state index in [9.17, 15) is 0 Å². The van der Waals surface area contributed by atoms with Crippen LogP contribution in [-0.4, -0.2) is 0 Å². The van der Waals surface area contributed by atoms with Gasteiger partial charge in [0.2, 0.25) is 11.0 Å². The first-order chi connectivity index (χ1) is 7.79. The molecular weight excluding hydrogens is 345 g/mol. The van der Waals surface area contributed by atoms with Gasteiger partial charge in [-0.3, -0.25) is 0 Å². The molecule has 0 atom stereocenters. The van der Waals surface area contributed by atoms with Crippen LogP contribution in [-0.2, 0) is 7.05 Å². The quantitative estimate of drug-likeness (QED) is 0.324. The minimum Gasteiger partial charge on any atom is -0.194 e. The van der Waals surface area contributed by atoms with E-state index in [4.69, 9.17) is 11.6 Å². The summed E-state index contributed by atoms with van der Waals surface area (Å²) in [5.74, 6) is 0. The van der Waals surface area contributed by atoms with Crippen LogP contribution in [0.1, 0.15) is 0 Å². The van der Waals surface area contributed by atoms with Gasteiger partial charge in [-0.1, -0.05) is 35.9 Å². The van der Waals surface area contributed by atoms with E-state index >= 15 is 0 Å². The molecule has 0 spiro atoms. The number of hydrogen-bond acceptors (Lipinski definition) is 0. The highest BCUT2D eigenvalue weighted by molar-refractivity contribution is 14.0. The Morgan fingerprint density at radius 3 is 1.71 bits per heavy atom. The van der Waals surface area contributed by atoms with Gasteiger partial charge in [0.05, 0.1) is 15.8 Å². The molecule has 0 saturated carbocycles. The predicted molar refractivity (Wildman–Crippen MR) is 83.1 cm³/mol. The number of hydrogen-bond donors (Lipinski definition) is 0. The monoisotopic (exact) mass is 356 g/mol. The van der Waals surface area contributed by atoms with Gasteiger partial charge >= 0.3 is 0 Å². The van der Waals surface area contributed by atoms with Gasteiger partial charge in [0.15, 0.2) is 0 Å². The molecule has 0 bridgehead atoms. The molecule has 0 fully saturated rings. The summed E-state index contributed by atoms with van der Waals surface area (Å²) in [7, 11) is 2.07. The SMILES string of the molecule is C[n+]1c2ccccc2c(Cl)c2ccccc21.I. The first kappa shape index (κ1) is 12.6. The maximum absolute atomic E-state index is 6.43. The maximum Gasteiger partial charge on any atom is 0.214 e. The maximum atomic E-state index is 6.43. The van der Waals surface area contributed by atoms with Crippen LogP contribution in [0.4, 0.5) is 0 Å². The van der Waals surface area contributed by atoms with Crippen LogP contribution < -0.4 is 4.57 Å². The second-order valence-corrected chi connectivity index (χ2v) is 4.29. The number of halogens is 2. The molecule has 3 heteroatoms. The van der Waals surface area contributed by atoms with Crippen molar-refractivity contribution in [3.8, 4) is 0 Å². The van der Waals surface area contributed by atoms with Gasteiger partial charge < -0.3 is 0 Å². The molecule has 0 saturated heterocycles. The fourth-order valence-corrected chi connectivity index (χ4v) is 2.50. The summed E-state index contributed by atoms with van der Waals surface area (Å²) in [6.07, 6.45) is 0. The number of pyridine rings is 1.